The van der Waals surface area contributed by atoms with Gasteiger partial charge in [0.05, 0.1) is 9.92 Å². The molecule has 0 amide bonds. The second kappa shape index (κ2) is 6.61. The first-order valence-corrected chi connectivity index (χ1v) is 9.58. The molecule has 0 bridgehead atoms. The number of nitrogen functional groups attached to an aromatic ring is 1. The van der Waals surface area contributed by atoms with E-state index in [-0.39, 0.29) is 5.54 Å². The Kier molecular flexibility index (Phi) is 4.42. The summed E-state index contributed by atoms with van der Waals surface area (Å²) in [6.07, 6.45) is 9.07. The standard InChI is InChI=1S/C17H20ClN7S/c1-17(20)3-7-24(8-4-17)16-23-10-12(15-22-6-9-25(15)16)26-11-2-5-21-14(19)13(11)18/h2,5-6,9-10H,3-4,7-8,20H2,1H3,(H2,19,21). The van der Waals surface area contributed by atoms with Crippen molar-refractivity contribution in [1.82, 2.24) is 19.4 Å². The molecule has 9 heteroatoms. The van der Waals surface area contributed by atoms with Crippen LogP contribution in [0.5, 0.6) is 0 Å². The monoisotopic (exact) mass is 389 g/mol. The van der Waals surface area contributed by atoms with Crippen molar-refractivity contribution in [3.63, 3.8) is 0 Å². The molecule has 1 aliphatic rings. The Morgan fingerprint density at radius 1 is 1.15 bits per heavy atom. The zero-order valence-corrected chi connectivity index (χ0v) is 16.0. The Balaban J connectivity index is 1.67. The van der Waals surface area contributed by atoms with E-state index in [1.165, 1.54) is 11.8 Å². The van der Waals surface area contributed by atoms with E-state index in [9.17, 15) is 0 Å². The highest BCUT2D eigenvalue weighted by Crippen LogP contribution is 2.37. The molecule has 26 heavy (non-hydrogen) atoms. The van der Waals surface area contributed by atoms with Crippen LogP contribution in [0.1, 0.15) is 19.8 Å². The molecule has 3 aromatic rings. The predicted molar refractivity (Wildman–Crippen MR) is 105 cm³/mol. The molecule has 0 spiro atoms. The SMILES string of the molecule is CC1(N)CCN(c2ncc(Sc3ccnc(N)c3Cl)c3nccn23)CC1. The third kappa shape index (κ3) is 3.20. The number of nitrogens with two attached hydrogens (primary N) is 2. The van der Waals surface area contributed by atoms with E-state index in [1.807, 2.05) is 22.9 Å². The smallest absolute Gasteiger partial charge is 0.211 e. The Morgan fingerprint density at radius 3 is 2.69 bits per heavy atom. The largest absolute Gasteiger partial charge is 0.382 e. The summed E-state index contributed by atoms with van der Waals surface area (Å²) in [5, 5.41) is 0.449. The molecule has 7 nitrogen and oxygen atoms in total. The van der Waals surface area contributed by atoms with Gasteiger partial charge in [0.25, 0.3) is 0 Å². The third-order valence-corrected chi connectivity index (χ3v) is 6.24. The van der Waals surface area contributed by atoms with Crippen molar-refractivity contribution in [2.75, 3.05) is 23.7 Å². The van der Waals surface area contributed by atoms with Crippen molar-refractivity contribution in [3.8, 4) is 0 Å². The van der Waals surface area contributed by atoms with Crippen LogP contribution in [0.25, 0.3) is 5.65 Å². The van der Waals surface area contributed by atoms with Crippen molar-refractivity contribution in [2.24, 2.45) is 5.73 Å². The molecule has 0 aromatic carbocycles. The minimum atomic E-state index is -0.0988. The van der Waals surface area contributed by atoms with E-state index in [2.05, 4.69) is 21.8 Å². The highest BCUT2D eigenvalue weighted by molar-refractivity contribution is 7.99. The maximum atomic E-state index is 6.27. The van der Waals surface area contributed by atoms with Crippen molar-refractivity contribution >= 4 is 40.8 Å². The van der Waals surface area contributed by atoms with Crippen LogP contribution in [0.2, 0.25) is 5.02 Å². The Hall–Kier alpha value is -2.03. The van der Waals surface area contributed by atoms with Gasteiger partial charge in [-0.1, -0.05) is 23.4 Å². The van der Waals surface area contributed by atoms with Gasteiger partial charge in [-0.15, -0.1) is 0 Å². The zero-order chi connectivity index (χ0) is 18.3. The maximum Gasteiger partial charge on any atom is 0.211 e. The summed E-state index contributed by atoms with van der Waals surface area (Å²) in [5.74, 6) is 1.21. The van der Waals surface area contributed by atoms with Gasteiger partial charge in [0.1, 0.15) is 5.82 Å². The molecule has 1 saturated heterocycles. The first-order valence-electron chi connectivity index (χ1n) is 8.38. The van der Waals surface area contributed by atoms with E-state index in [1.54, 1.807) is 12.4 Å². The normalized spacial score (nSPS) is 17.0. The van der Waals surface area contributed by atoms with E-state index < -0.39 is 0 Å². The average molecular weight is 390 g/mol. The van der Waals surface area contributed by atoms with E-state index in [0.29, 0.717) is 10.8 Å². The van der Waals surface area contributed by atoms with Crippen LogP contribution in [0, 0.1) is 0 Å². The number of hydrogen-bond acceptors (Lipinski definition) is 7. The molecule has 136 valence electrons. The lowest BCUT2D eigenvalue weighted by atomic mass is 9.91. The predicted octanol–water partition coefficient (Wildman–Crippen LogP) is 2.83. The van der Waals surface area contributed by atoms with Gasteiger partial charge in [-0.2, -0.15) is 0 Å². The molecule has 0 unspecified atom stereocenters. The number of fused-ring (bicyclic) bond motifs is 1. The topological polar surface area (TPSA) is 98.4 Å². The van der Waals surface area contributed by atoms with Gasteiger partial charge in [0, 0.05) is 48.3 Å². The van der Waals surface area contributed by atoms with Crippen LogP contribution in [0.3, 0.4) is 0 Å². The van der Waals surface area contributed by atoms with Crippen LogP contribution < -0.4 is 16.4 Å². The lowest BCUT2D eigenvalue weighted by Crippen LogP contribution is -2.48. The van der Waals surface area contributed by atoms with Crippen LogP contribution in [-0.4, -0.2) is 38.0 Å². The highest BCUT2D eigenvalue weighted by atomic mass is 35.5. The Labute approximate surface area is 160 Å². The van der Waals surface area contributed by atoms with Gasteiger partial charge in [0.2, 0.25) is 5.95 Å². The van der Waals surface area contributed by atoms with Crippen LogP contribution in [0.15, 0.2) is 40.6 Å². The fraction of sp³-hybridized carbons (Fsp3) is 0.353. The molecule has 1 aliphatic heterocycles. The number of hydrogen-bond donors (Lipinski definition) is 2. The first kappa shape index (κ1) is 17.4. The second-order valence-electron chi connectivity index (χ2n) is 6.79. The summed E-state index contributed by atoms with van der Waals surface area (Å²) >= 11 is 7.75. The van der Waals surface area contributed by atoms with Crippen molar-refractivity contribution in [2.45, 2.75) is 35.1 Å². The molecule has 1 fully saturated rings. The van der Waals surface area contributed by atoms with Crippen molar-refractivity contribution < 1.29 is 0 Å². The van der Waals surface area contributed by atoms with Gasteiger partial charge in [-0.3, -0.25) is 4.40 Å². The van der Waals surface area contributed by atoms with Gasteiger partial charge in [-0.25, -0.2) is 15.0 Å². The van der Waals surface area contributed by atoms with Crippen LogP contribution >= 0.6 is 23.4 Å². The lowest BCUT2D eigenvalue weighted by Gasteiger charge is -2.37. The van der Waals surface area contributed by atoms with Crippen molar-refractivity contribution in [1.29, 1.82) is 0 Å². The summed E-state index contributed by atoms with van der Waals surface area (Å²) in [4.78, 5) is 17.2. The lowest BCUT2D eigenvalue weighted by molar-refractivity contribution is 0.361. The Bertz CT molecular complexity index is 945. The molecule has 3 aromatic heterocycles. The highest BCUT2D eigenvalue weighted by Gasteiger charge is 2.27. The fourth-order valence-electron chi connectivity index (χ4n) is 3.05. The minimum absolute atomic E-state index is 0.0988. The van der Waals surface area contributed by atoms with E-state index >= 15 is 0 Å². The number of nitrogens with zero attached hydrogens (tertiary/aromatic N) is 5. The summed E-state index contributed by atoms with van der Waals surface area (Å²) in [5.41, 5.74) is 12.8. The molecule has 0 atom stereocenters. The van der Waals surface area contributed by atoms with Crippen molar-refractivity contribution in [3.05, 3.63) is 35.9 Å². The summed E-state index contributed by atoms with van der Waals surface area (Å²) in [7, 11) is 0. The zero-order valence-electron chi connectivity index (χ0n) is 14.4. The van der Waals surface area contributed by atoms with Gasteiger partial charge in [-0.05, 0) is 25.8 Å². The van der Waals surface area contributed by atoms with Gasteiger partial charge in [0.15, 0.2) is 5.65 Å². The number of anilines is 2. The molecular formula is C17H20ClN7S. The maximum absolute atomic E-state index is 6.27. The molecule has 4 N–H and O–H groups in total. The third-order valence-electron chi connectivity index (χ3n) is 4.66. The summed E-state index contributed by atoms with van der Waals surface area (Å²) in [6.45, 7) is 3.87. The number of piperidine rings is 1. The fourth-order valence-corrected chi connectivity index (χ4v) is 4.18. The van der Waals surface area contributed by atoms with E-state index in [0.717, 1.165) is 47.3 Å². The number of pyridine rings is 1. The number of aromatic nitrogens is 4. The molecule has 4 rings (SSSR count). The molecule has 0 saturated carbocycles. The first-order chi connectivity index (χ1) is 12.4. The van der Waals surface area contributed by atoms with E-state index in [4.69, 9.17) is 28.1 Å². The van der Waals surface area contributed by atoms with Gasteiger partial charge < -0.3 is 16.4 Å². The van der Waals surface area contributed by atoms with Crippen LogP contribution in [-0.2, 0) is 0 Å². The number of rotatable bonds is 3. The van der Waals surface area contributed by atoms with Crippen LogP contribution in [0.4, 0.5) is 11.8 Å². The number of imidazole rings is 1. The Morgan fingerprint density at radius 2 is 1.92 bits per heavy atom. The quantitative estimate of drug-likeness (QED) is 0.710. The molecule has 0 radical (unpaired) electrons. The average Bonchev–Trinajstić information content (AvgIpc) is 3.10. The summed E-state index contributed by atoms with van der Waals surface area (Å²) < 4.78 is 2.01. The molecular weight excluding hydrogens is 370 g/mol. The minimum Gasteiger partial charge on any atom is -0.382 e. The second-order valence-corrected chi connectivity index (χ2v) is 8.26. The van der Waals surface area contributed by atoms with Gasteiger partial charge >= 0.3 is 0 Å². The molecule has 0 aliphatic carbocycles. The molecule has 4 heterocycles. The summed E-state index contributed by atoms with van der Waals surface area (Å²) in [6, 6.07) is 1.84. The number of halogens is 1.